The summed E-state index contributed by atoms with van der Waals surface area (Å²) in [5.41, 5.74) is 1.28. The average molecular weight is 361 g/mol. The average Bonchev–Trinajstić information content (AvgIpc) is 3.43. The molecule has 0 unspecified atom stereocenters. The molecule has 130 valence electrons. The molecule has 0 bridgehead atoms. The van der Waals surface area contributed by atoms with Crippen molar-refractivity contribution >= 4 is 29.1 Å². The maximum absolute atomic E-state index is 13.9. The molecule has 1 aliphatic carbocycles. The fourth-order valence-corrected chi connectivity index (χ4v) is 2.76. The molecule has 1 aliphatic rings. The summed E-state index contributed by atoms with van der Waals surface area (Å²) in [4.78, 5) is 25.8. The number of carbonyl (C=O) groups is 2. The second-order valence-electron chi connectivity index (χ2n) is 6.21. The standard InChI is InChI=1S/C19H18ClFN2O2/c1-23(11-15-16(20)6-3-7-17(15)21)19(25)13-4-2-5-14(10-13)22-18(24)12-8-9-12/h2-7,10,12H,8-9,11H2,1H3,(H,22,24). The lowest BCUT2D eigenvalue weighted by atomic mass is 10.1. The van der Waals surface area contributed by atoms with E-state index in [1.54, 1.807) is 37.4 Å². The number of halogens is 2. The van der Waals surface area contributed by atoms with Gasteiger partial charge in [-0.3, -0.25) is 9.59 Å². The molecule has 1 saturated carbocycles. The van der Waals surface area contributed by atoms with E-state index in [-0.39, 0.29) is 34.9 Å². The molecule has 1 fully saturated rings. The van der Waals surface area contributed by atoms with Crippen LogP contribution in [0.5, 0.6) is 0 Å². The molecule has 25 heavy (non-hydrogen) atoms. The maximum atomic E-state index is 13.9. The Bertz CT molecular complexity index is 801. The predicted octanol–water partition coefficient (Wildman–Crippen LogP) is 4.10. The van der Waals surface area contributed by atoms with E-state index in [2.05, 4.69) is 5.32 Å². The van der Waals surface area contributed by atoms with Gasteiger partial charge in [-0.1, -0.05) is 23.7 Å². The molecule has 0 aliphatic heterocycles. The molecule has 0 saturated heterocycles. The lowest BCUT2D eigenvalue weighted by Crippen LogP contribution is -2.27. The highest BCUT2D eigenvalue weighted by Gasteiger charge is 2.29. The van der Waals surface area contributed by atoms with Gasteiger partial charge in [-0.05, 0) is 43.2 Å². The van der Waals surface area contributed by atoms with Gasteiger partial charge in [-0.15, -0.1) is 0 Å². The predicted molar refractivity (Wildman–Crippen MR) is 95.0 cm³/mol. The first kappa shape index (κ1) is 17.4. The van der Waals surface area contributed by atoms with Crippen LogP contribution in [0.2, 0.25) is 5.02 Å². The summed E-state index contributed by atoms with van der Waals surface area (Å²) in [5, 5.41) is 3.10. The molecule has 2 aromatic rings. The van der Waals surface area contributed by atoms with Gasteiger partial charge in [-0.25, -0.2) is 4.39 Å². The van der Waals surface area contributed by atoms with Crippen LogP contribution in [0.4, 0.5) is 10.1 Å². The van der Waals surface area contributed by atoms with Crippen LogP contribution in [0, 0.1) is 11.7 Å². The Balaban J connectivity index is 1.72. The molecule has 2 aromatic carbocycles. The van der Waals surface area contributed by atoms with Crippen molar-refractivity contribution < 1.29 is 14.0 Å². The van der Waals surface area contributed by atoms with Crippen LogP contribution in [0.1, 0.15) is 28.8 Å². The monoisotopic (exact) mass is 360 g/mol. The molecular weight excluding hydrogens is 343 g/mol. The van der Waals surface area contributed by atoms with Gasteiger partial charge < -0.3 is 10.2 Å². The maximum Gasteiger partial charge on any atom is 0.253 e. The quantitative estimate of drug-likeness (QED) is 0.872. The molecule has 4 nitrogen and oxygen atoms in total. The first-order valence-corrected chi connectivity index (χ1v) is 8.43. The molecule has 0 atom stereocenters. The van der Waals surface area contributed by atoms with Gasteiger partial charge in [0.05, 0.1) is 0 Å². The number of nitrogens with zero attached hydrogens (tertiary/aromatic N) is 1. The Hall–Kier alpha value is -2.40. The van der Waals surface area contributed by atoms with Crippen LogP contribution in [0.3, 0.4) is 0 Å². The lowest BCUT2D eigenvalue weighted by molar-refractivity contribution is -0.117. The minimum Gasteiger partial charge on any atom is -0.337 e. The Morgan fingerprint density at radius 1 is 1.24 bits per heavy atom. The van der Waals surface area contributed by atoms with E-state index >= 15 is 0 Å². The zero-order valence-corrected chi connectivity index (χ0v) is 14.5. The van der Waals surface area contributed by atoms with E-state index in [4.69, 9.17) is 11.6 Å². The Morgan fingerprint density at radius 3 is 2.64 bits per heavy atom. The Labute approximate surface area is 150 Å². The van der Waals surface area contributed by atoms with Crippen molar-refractivity contribution in [2.24, 2.45) is 5.92 Å². The number of hydrogen-bond donors (Lipinski definition) is 1. The van der Waals surface area contributed by atoms with Gasteiger partial charge in [0, 0.05) is 41.3 Å². The normalized spacial score (nSPS) is 13.4. The smallest absolute Gasteiger partial charge is 0.253 e. The number of anilines is 1. The van der Waals surface area contributed by atoms with Gasteiger partial charge in [-0.2, -0.15) is 0 Å². The van der Waals surface area contributed by atoms with Gasteiger partial charge in [0.15, 0.2) is 0 Å². The van der Waals surface area contributed by atoms with E-state index in [0.717, 1.165) is 12.8 Å². The van der Waals surface area contributed by atoms with Crippen molar-refractivity contribution in [1.29, 1.82) is 0 Å². The van der Waals surface area contributed by atoms with E-state index in [1.165, 1.54) is 17.0 Å². The summed E-state index contributed by atoms with van der Waals surface area (Å²) >= 11 is 6.02. The van der Waals surface area contributed by atoms with E-state index < -0.39 is 5.82 Å². The van der Waals surface area contributed by atoms with Gasteiger partial charge in [0.1, 0.15) is 5.82 Å². The van der Waals surface area contributed by atoms with E-state index in [1.807, 2.05) is 0 Å². The van der Waals surface area contributed by atoms with Crippen molar-refractivity contribution in [3.05, 3.63) is 64.4 Å². The van der Waals surface area contributed by atoms with Crippen LogP contribution in [0.15, 0.2) is 42.5 Å². The second kappa shape index (κ2) is 7.23. The topological polar surface area (TPSA) is 49.4 Å². The fourth-order valence-electron chi connectivity index (χ4n) is 2.53. The third kappa shape index (κ3) is 4.17. The van der Waals surface area contributed by atoms with Crippen LogP contribution in [-0.4, -0.2) is 23.8 Å². The summed E-state index contributed by atoms with van der Waals surface area (Å²) in [6, 6.07) is 11.2. The van der Waals surface area contributed by atoms with Gasteiger partial charge >= 0.3 is 0 Å². The molecule has 1 N–H and O–H groups in total. The summed E-state index contributed by atoms with van der Waals surface area (Å²) in [5.74, 6) is -0.652. The zero-order valence-electron chi connectivity index (χ0n) is 13.8. The number of amides is 2. The van der Waals surface area contributed by atoms with Crippen molar-refractivity contribution in [3.8, 4) is 0 Å². The molecule has 6 heteroatoms. The molecule has 0 radical (unpaired) electrons. The second-order valence-corrected chi connectivity index (χ2v) is 6.61. The van der Waals surface area contributed by atoms with Gasteiger partial charge in [0.25, 0.3) is 5.91 Å². The SMILES string of the molecule is CN(Cc1c(F)cccc1Cl)C(=O)c1cccc(NC(=O)C2CC2)c1. The minimum atomic E-state index is -0.447. The highest BCUT2D eigenvalue weighted by molar-refractivity contribution is 6.31. The molecule has 0 spiro atoms. The van der Waals surface area contributed by atoms with Crippen molar-refractivity contribution in [2.45, 2.75) is 19.4 Å². The molecular formula is C19H18ClFN2O2. The number of benzene rings is 2. The zero-order chi connectivity index (χ0) is 18.0. The van der Waals surface area contributed by atoms with Crippen molar-refractivity contribution in [1.82, 2.24) is 4.90 Å². The van der Waals surface area contributed by atoms with Crippen LogP contribution >= 0.6 is 11.6 Å². The summed E-state index contributed by atoms with van der Waals surface area (Å²) < 4.78 is 13.9. The molecule has 3 rings (SSSR count). The van der Waals surface area contributed by atoms with E-state index in [0.29, 0.717) is 11.3 Å². The number of nitrogens with one attached hydrogen (secondary N) is 1. The highest BCUT2D eigenvalue weighted by Crippen LogP contribution is 2.30. The fraction of sp³-hybridized carbons (Fsp3) is 0.263. The minimum absolute atomic E-state index is 0.0175. The lowest BCUT2D eigenvalue weighted by Gasteiger charge is -2.19. The number of rotatable bonds is 5. The van der Waals surface area contributed by atoms with Crippen LogP contribution < -0.4 is 5.32 Å². The van der Waals surface area contributed by atoms with E-state index in [9.17, 15) is 14.0 Å². The van der Waals surface area contributed by atoms with Crippen LogP contribution in [-0.2, 0) is 11.3 Å². The largest absolute Gasteiger partial charge is 0.337 e. The third-order valence-corrected chi connectivity index (χ3v) is 4.48. The highest BCUT2D eigenvalue weighted by atomic mass is 35.5. The number of hydrogen-bond acceptors (Lipinski definition) is 2. The first-order valence-electron chi connectivity index (χ1n) is 8.05. The summed E-state index contributed by atoms with van der Waals surface area (Å²) in [7, 11) is 1.58. The summed E-state index contributed by atoms with van der Waals surface area (Å²) in [6.07, 6.45) is 1.83. The van der Waals surface area contributed by atoms with Crippen molar-refractivity contribution in [2.75, 3.05) is 12.4 Å². The third-order valence-electron chi connectivity index (χ3n) is 4.13. The Morgan fingerprint density at radius 2 is 1.96 bits per heavy atom. The number of carbonyl (C=O) groups excluding carboxylic acids is 2. The molecule has 0 aromatic heterocycles. The molecule has 0 heterocycles. The van der Waals surface area contributed by atoms with Crippen molar-refractivity contribution in [3.63, 3.8) is 0 Å². The van der Waals surface area contributed by atoms with Gasteiger partial charge in [0.2, 0.25) is 5.91 Å². The Kier molecular flexibility index (Phi) is 5.04. The first-order chi connectivity index (χ1) is 12.0. The van der Waals surface area contributed by atoms with Crippen LogP contribution in [0.25, 0.3) is 0 Å². The molecule has 2 amide bonds. The summed E-state index contributed by atoms with van der Waals surface area (Å²) in [6.45, 7) is 0.0585.